The summed E-state index contributed by atoms with van der Waals surface area (Å²) in [5, 5.41) is 0.215. The molecule has 0 atom stereocenters. The Labute approximate surface area is 89.4 Å². The van der Waals surface area contributed by atoms with E-state index in [-0.39, 0.29) is 15.2 Å². The topological polar surface area (TPSA) is 12.9 Å². The smallest absolute Gasteiger partial charge is 0.239 e. The Morgan fingerprint density at radius 1 is 1.42 bits per heavy atom. The van der Waals surface area contributed by atoms with E-state index in [1.807, 2.05) is 0 Å². The van der Waals surface area contributed by atoms with Crippen LogP contribution in [0.5, 0.6) is 0 Å². The van der Waals surface area contributed by atoms with Crippen molar-refractivity contribution in [2.75, 3.05) is 0 Å². The van der Waals surface area contributed by atoms with Crippen LogP contribution in [0.4, 0.5) is 8.78 Å². The fraction of sp³-hybridized carbons (Fsp3) is 0.167. The second-order valence-electron chi connectivity index (χ2n) is 1.93. The number of hydrogen-bond donors (Lipinski definition) is 0. The van der Waals surface area contributed by atoms with Gasteiger partial charge in [0.05, 0.1) is 9.50 Å². The molecular formula is C6H2Br2ClF2N. The van der Waals surface area contributed by atoms with Gasteiger partial charge in [0.25, 0.3) is 6.43 Å². The summed E-state index contributed by atoms with van der Waals surface area (Å²) in [5.74, 6) is 0. The molecule has 1 heterocycles. The molecule has 0 fully saturated rings. The molecule has 0 amide bonds. The van der Waals surface area contributed by atoms with Gasteiger partial charge in [-0.3, -0.25) is 0 Å². The van der Waals surface area contributed by atoms with E-state index in [4.69, 9.17) is 11.6 Å². The van der Waals surface area contributed by atoms with Gasteiger partial charge in [-0.25, -0.2) is 13.8 Å². The van der Waals surface area contributed by atoms with Crippen molar-refractivity contribution in [3.8, 4) is 0 Å². The predicted molar refractivity (Wildman–Crippen MR) is 49.6 cm³/mol. The molecule has 0 aliphatic carbocycles. The summed E-state index contributed by atoms with van der Waals surface area (Å²) in [6.45, 7) is 0. The van der Waals surface area contributed by atoms with Crippen molar-refractivity contribution in [2.24, 2.45) is 0 Å². The number of alkyl halides is 2. The highest BCUT2D eigenvalue weighted by Gasteiger charge is 2.16. The zero-order chi connectivity index (χ0) is 9.30. The van der Waals surface area contributed by atoms with Crippen molar-refractivity contribution < 1.29 is 8.78 Å². The summed E-state index contributed by atoms with van der Waals surface area (Å²) in [7, 11) is 0. The maximum absolute atomic E-state index is 12.2. The van der Waals surface area contributed by atoms with E-state index < -0.39 is 6.43 Å². The zero-order valence-corrected chi connectivity index (χ0v) is 9.42. The molecule has 0 bridgehead atoms. The normalized spacial score (nSPS) is 10.8. The van der Waals surface area contributed by atoms with Gasteiger partial charge in [0.1, 0.15) is 10.3 Å². The Hall–Kier alpha value is 0.260. The third-order valence-electron chi connectivity index (χ3n) is 1.11. The predicted octanol–water partition coefficient (Wildman–Crippen LogP) is 4.20. The van der Waals surface area contributed by atoms with E-state index in [2.05, 4.69) is 36.8 Å². The van der Waals surface area contributed by atoms with E-state index in [1.165, 1.54) is 6.07 Å². The summed E-state index contributed by atoms with van der Waals surface area (Å²) in [6, 6.07) is 1.44. The molecule has 66 valence electrons. The van der Waals surface area contributed by atoms with Gasteiger partial charge in [-0.2, -0.15) is 0 Å². The van der Waals surface area contributed by atoms with Crippen LogP contribution >= 0.6 is 43.5 Å². The van der Waals surface area contributed by atoms with Crippen molar-refractivity contribution in [3.05, 3.63) is 25.9 Å². The summed E-state index contributed by atoms with van der Waals surface area (Å²) in [5.41, 5.74) is -0.352. The minimum absolute atomic E-state index is 0.141. The second-order valence-corrected chi connectivity index (χ2v) is 3.94. The Balaban J connectivity index is 3.28. The van der Waals surface area contributed by atoms with Crippen LogP contribution in [0, 0.1) is 0 Å². The molecule has 1 rings (SSSR count). The van der Waals surface area contributed by atoms with Crippen LogP contribution in [0.1, 0.15) is 12.1 Å². The molecule has 0 aliphatic rings. The van der Waals surface area contributed by atoms with Crippen molar-refractivity contribution in [3.63, 3.8) is 0 Å². The third-order valence-corrected chi connectivity index (χ3v) is 2.88. The SMILES string of the molecule is FC(F)c1nc(Br)cc(Cl)c1Br. The molecule has 0 aliphatic heterocycles. The summed E-state index contributed by atoms with van der Waals surface area (Å²) < 4.78 is 24.9. The van der Waals surface area contributed by atoms with Gasteiger partial charge in [0, 0.05) is 0 Å². The zero-order valence-electron chi connectivity index (χ0n) is 5.49. The molecule has 0 radical (unpaired) electrons. The van der Waals surface area contributed by atoms with E-state index >= 15 is 0 Å². The molecular weight excluding hydrogens is 319 g/mol. The lowest BCUT2D eigenvalue weighted by Crippen LogP contribution is -1.92. The molecule has 0 N–H and O–H groups in total. The lowest BCUT2D eigenvalue weighted by molar-refractivity contribution is 0.145. The van der Waals surface area contributed by atoms with Crippen molar-refractivity contribution in [1.29, 1.82) is 0 Å². The standard InChI is InChI=1S/C6H2Br2ClF2N/c7-3-1-2(9)4(8)5(12-3)6(10)11/h1,6H. The first-order chi connectivity index (χ1) is 5.52. The lowest BCUT2D eigenvalue weighted by atomic mass is 10.4. The summed E-state index contributed by atoms with van der Waals surface area (Å²) in [4.78, 5) is 3.57. The van der Waals surface area contributed by atoms with Crippen molar-refractivity contribution in [2.45, 2.75) is 6.43 Å². The first kappa shape index (κ1) is 10.3. The van der Waals surface area contributed by atoms with Crippen LogP contribution in [-0.4, -0.2) is 4.98 Å². The van der Waals surface area contributed by atoms with Crippen LogP contribution in [0.15, 0.2) is 15.1 Å². The van der Waals surface area contributed by atoms with Crippen LogP contribution in [0.25, 0.3) is 0 Å². The summed E-state index contributed by atoms with van der Waals surface area (Å²) in [6.07, 6.45) is -2.63. The monoisotopic (exact) mass is 319 g/mol. The van der Waals surface area contributed by atoms with Crippen molar-refractivity contribution >= 4 is 43.5 Å². The van der Waals surface area contributed by atoms with Gasteiger partial charge < -0.3 is 0 Å². The third kappa shape index (κ3) is 2.14. The molecule has 1 nitrogen and oxygen atoms in total. The largest absolute Gasteiger partial charge is 0.281 e. The number of pyridine rings is 1. The minimum atomic E-state index is -2.63. The number of aromatic nitrogens is 1. The molecule has 0 saturated heterocycles. The molecule has 0 saturated carbocycles. The molecule has 1 aromatic rings. The fourth-order valence-corrected chi connectivity index (χ4v) is 1.76. The average molecular weight is 321 g/mol. The lowest BCUT2D eigenvalue weighted by Gasteiger charge is -2.04. The number of hydrogen-bond acceptors (Lipinski definition) is 1. The van der Waals surface area contributed by atoms with Gasteiger partial charge in [0.2, 0.25) is 0 Å². The number of rotatable bonds is 1. The fourth-order valence-electron chi connectivity index (χ4n) is 0.631. The van der Waals surface area contributed by atoms with Crippen LogP contribution in [0.2, 0.25) is 5.02 Å². The van der Waals surface area contributed by atoms with Crippen molar-refractivity contribution in [1.82, 2.24) is 4.98 Å². The van der Waals surface area contributed by atoms with Crippen LogP contribution < -0.4 is 0 Å². The van der Waals surface area contributed by atoms with Gasteiger partial charge in [-0.1, -0.05) is 11.6 Å². The molecule has 6 heteroatoms. The molecule has 12 heavy (non-hydrogen) atoms. The van der Waals surface area contributed by atoms with E-state index in [0.29, 0.717) is 4.60 Å². The Kier molecular flexibility index (Phi) is 3.43. The average Bonchev–Trinajstić information content (AvgIpc) is 1.96. The van der Waals surface area contributed by atoms with Gasteiger partial charge in [-0.15, -0.1) is 0 Å². The maximum Gasteiger partial charge on any atom is 0.281 e. The highest BCUT2D eigenvalue weighted by atomic mass is 79.9. The quantitative estimate of drug-likeness (QED) is 0.707. The Bertz CT molecular complexity index is 306. The molecule has 0 unspecified atom stereocenters. The van der Waals surface area contributed by atoms with Crippen LogP contribution in [-0.2, 0) is 0 Å². The van der Waals surface area contributed by atoms with E-state index in [0.717, 1.165) is 0 Å². The van der Waals surface area contributed by atoms with E-state index in [9.17, 15) is 8.78 Å². The van der Waals surface area contributed by atoms with E-state index in [1.54, 1.807) is 0 Å². The highest BCUT2D eigenvalue weighted by Crippen LogP contribution is 2.33. The Morgan fingerprint density at radius 3 is 2.50 bits per heavy atom. The van der Waals surface area contributed by atoms with Crippen LogP contribution in [0.3, 0.4) is 0 Å². The highest BCUT2D eigenvalue weighted by molar-refractivity contribution is 9.11. The minimum Gasteiger partial charge on any atom is -0.239 e. The molecule has 1 aromatic heterocycles. The number of halogens is 5. The Morgan fingerprint density at radius 2 is 2.00 bits per heavy atom. The number of nitrogens with zero attached hydrogens (tertiary/aromatic N) is 1. The first-order valence-corrected chi connectivity index (χ1v) is 4.78. The second kappa shape index (κ2) is 3.98. The maximum atomic E-state index is 12.2. The summed E-state index contributed by atoms with van der Waals surface area (Å²) >= 11 is 11.5. The van der Waals surface area contributed by atoms with Gasteiger partial charge in [-0.05, 0) is 37.9 Å². The molecule has 0 aromatic carbocycles. The van der Waals surface area contributed by atoms with Gasteiger partial charge >= 0.3 is 0 Å². The van der Waals surface area contributed by atoms with Gasteiger partial charge in [0.15, 0.2) is 0 Å². The molecule has 0 spiro atoms. The first-order valence-electron chi connectivity index (χ1n) is 2.82.